The summed E-state index contributed by atoms with van der Waals surface area (Å²) in [6.45, 7) is 5.13. The fourth-order valence-corrected chi connectivity index (χ4v) is 5.75. The molecule has 0 aliphatic carbocycles. The van der Waals surface area contributed by atoms with E-state index in [0.717, 1.165) is 43.5 Å². The molecule has 5 rings (SSSR count). The van der Waals surface area contributed by atoms with Crippen LogP contribution in [0.15, 0.2) is 42.5 Å². The van der Waals surface area contributed by atoms with Crippen molar-refractivity contribution in [1.82, 2.24) is 20.0 Å². The van der Waals surface area contributed by atoms with Gasteiger partial charge in [-0.2, -0.15) is 0 Å². The zero-order valence-electron chi connectivity index (χ0n) is 23.7. The molecule has 3 aliphatic rings. The summed E-state index contributed by atoms with van der Waals surface area (Å²) in [7, 11) is 3.75. The molecule has 2 fully saturated rings. The second kappa shape index (κ2) is 12.4. The Kier molecular flexibility index (Phi) is 8.71. The second-order valence-electron chi connectivity index (χ2n) is 11.5. The third-order valence-corrected chi connectivity index (χ3v) is 8.32. The van der Waals surface area contributed by atoms with E-state index < -0.39 is 0 Å². The summed E-state index contributed by atoms with van der Waals surface area (Å²) in [5, 5.41) is 3.05. The smallest absolute Gasteiger partial charge is 0.254 e. The van der Waals surface area contributed by atoms with E-state index in [2.05, 4.69) is 17.3 Å². The number of carbonyl (C=O) groups is 3. The molecule has 0 aromatic heterocycles. The molecule has 2 aromatic carbocycles. The average molecular weight is 549 g/mol. The van der Waals surface area contributed by atoms with Crippen LogP contribution in [-0.2, 0) is 20.9 Å². The summed E-state index contributed by atoms with van der Waals surface area (Å²) < 4.78 is 12.5. The standard InChI is InChI=1S/C31H40N4O5/c1-21-7-9-24-16-27(21)40-25-6-4-5-23(15-25)20-39-28-18-35(17-26(28)32-29(36)19-34(3)31(24)38)30(37)10-8-22-11-13-33(2)14-12-22/h4-7,9,15-16,22,26,28H,8,10-14,17-20H2,1-3H3,(H,32,36)/t26-,28-/m0/s1. The zero-order chi connectivity index (χ0) is 28.2. The van der Waals surface area contributed by atoms with Crippen LogP contribution in [0.1, 0.15) is 47.2 Å². The van der Waals surface area contributed by atoms with E-state index in [-0.39, 0.29) is 36.4 Å². The summed E-state index contributed by atoms with van der Waals surface area (Å²) in [6.07, 6.45) is 3.31. The van der Waals surface area contributed by atoms with Crippen molar-refractivity contribution < 1.29 is 23.9 Å². The quantitative estimate of drug-likeness (QED) is 0.634. The molecule has 2 saturated heterocycles. The van der Waals surface area contributed by atoms with Crippen molar-refractivity contribution in [3.05, 3.63) is 59.2 Å². The summed E-state index contributed by atoms with van der Waals surface area (Å²) in [5.41, 5.74) is 2.27. The van der Waals surface area contributed by atoms with Crippen molar-refractivity contribution in [2.45, 2.75) is 51.4 Å². The fourth-order valence-electron chi connectivity index (χ4n) is 5.75. The predicted molar refractivity (Wildman–Crippen MR) is 151 cm³/mol. The molecule has 1 N–H and O–H groups in total. The normalized spacial score (nSPS) is 23.0. The van der Waals surface area contributed by atoms with Gasteiger partial charge in [0.2, 0.25) is 11.8 Å². The van der Waals surface area contributed by atoms with Crippen LogP contribution in [0.3, 0.4) is 0 Å². The van der Waals surface area contributed by atoms with Gasteiger partial charge in [0.25, 0.3) is 5.91 Å². The van der Waals surface area contributed by atoms with E-state index in [1.165, 1.54) is 4.90 Å². The summed E-state index contributed by atoms with van der Waals surface area (Å²) in [5.74, 6) is 1.36. The molecule has 9 heteroatoms. The number of fused-ring (bicyclic) bond motifs is 5. The molecular formula is C31H40N4O5. The number of amides is 3. The van der Waals surface area contributed by atoms with Crippen LogP contribution in [0.4, 0.5) is 0 Å². The van der Waals surface area contributed by atoms with Gasteiger partial charge in [-0.3, -0.25) is 14.4 Å². The largest absolute Gasteiger partial charge is 0.457 e. The first kappa shape index (κ1) is 28.1. The summed E-state index contributed by atoms with van der Waals surface area (Å²) >= 11 is 0. The molecule has 40 heavy (non-hydrogen) atoms. The molecule has 9 nitrogen and oxygen atoms in total. The molecule has 0 unspecified atom stereocenters. The van der Waals surface area contributed by atoms with Crippen molar-refractivity contribution in [3.8, 4) is 11.5 Å². The van der Waals surface area contributed by atoms with Gasteiger partial charge in [-0.25, -0.2) is 0 Å². The minimum Gasteiger partial charge on any atom is -0.457 e. The van der Waals surface area contributed by atoms with Gasteiger partial charge in [0.1, 0.15) is 11.5 Å². The number of aryl methyl sites for hydroxylation is 1. The number of benzene rings is 2. The number of ether oxygens (including phenoxy) is 2. The third kappa shape index (κ3) is 6.82. The van der Waals surface area contributed by atoms with Gasteiger partial charge >= 0.3 is 0 Å². The lowest BCUT2D eigenvalue weighted by Crippen LogP contribution is -2.48. The van der Waals surface area contributed by atoms with E-state index in [1.54, 1.807) is 19.2 Å². The predicted octanol–water partition coefficient (Wildman–Crippen LogP) is 3.21. The highest BCUT2D eigenvalue weighted by atomic mass is 16.5. The Bertz CT molecular complexity index is 1240. The summed E-state index contributed by atoms with van der Waals surface area (Å²) in [4.78, 5) is 44.9. The number of likely N-dealkylation sites (N-methyl/N-ethyl adjacent to an activating group) is 1. The Morgan fingerprint density at radius 2 is 1.85 bits per heavy atom. The highest BCUT2D eigenvalue weighted by Crippen LogP contribution is 2.28. The van der Waals surface area contributed by atoms with Crippen LogP contribution in [0.2, 0.25) is 0 Å². The molecule has 4 bridgehead atoms. The maximum atomic E-state index is 13.2. The first-order chi connectivity index (χ1) is 19.2. The van der Waals surface area contributed by atoms with Gasteiger partial charge in [-0.15, -0.1) is 0 Å². The van der Waals surface area contributed by atoms with Crippen LogP contribution in [0.25, 0.3) is 0 Å². The number of rotatable bonds is 3. The Morgan fingerprint density at radius 1 is 1.05 bits per heavy atom. The maximum Gasteiger partial charge on any atom is 0.254 e. The first-order valence-corrected chi connectivity index (χ1v) is 14.3. The van der Waals surface area contributed by atoms with E-state index >= 15 is 0 Å². The number of piperidine rings is 1. The molecule has 3 heterocycles. The SMILES string of the molecule is Cc1ccc2cc1Oc1cccc(c1)CO[C@H]1CN(C(=O)CCC3CCN(C)CC3)C[C@@H]1NC(=O)CN(C)C2=O. The van der Waals surface area contributed by atoms with E-state index in [0.29, 0.717) is 49.1 Å². The number of hydrogen-bond acceptors (Lipinski definition) is 6. The number of carbonyl (C=O) groups excluding carboxylic acids is 3. The van der Waals surface area contributed by atoms with E-state index in [9.17, 15) is 14.4 Å². The van der Waals surface area contributed by atoms with Crippen LogP contribution in [-0.4, -0.2) is 91.4 Å². The van der Waals surface area contributed by atoms with Gasteiger partial charge in [-0.1, -0.05) is 18.2 Å². The monoisotopic (exact) mass is 548 g/mol. The van der Waals surface area contributed by atoms with Crippen LogP contribution in [0.5, 0.6) is 11.5 Å². The van der Waals surface area contributed by atoms with Crippen molar-refractivity contribution in [1.29, 1.82) is 0 Å². The lowest BCUT2D eigenvalue weighted by Gasteiger charge is -2.29. The Hall–Kier alpha value is -3.43. The molecule has 0 radical (unpaired) electrons. The Labute approximate surface area is 236 Å². The van der Waals surface area contributed by atoms with E-state index in [4.69, 9.17) is 9.47 Å². The Morgan fingerprint density at radius 3 is 2.65 bits per heavy atom. The van der Waals surface area contributed by atoms with Crippen molar-refractivity contribution in [2.24, 2.45) is 5.92 Å². The molecular weight excluding hydrogens is 508 g/mol. The molecule has 2 aromatic rings. The Balaban J connectivity index is 1.31. The molecule has 0 spiro atoms. The lowest BCUT2D eigenvalue weighted by molar-refractivity contribution is -0.131. The molecule has 214 valence electrons. The van der Waals surface area contributed by atoms with Gasteiger partial charge in [0.15, 0.2) is 0 Å². The highest BCUT2D eigenvalue weighted by Gasteiger charge is 2.37. The average Bonchev–Trinajstić information content (AvgIpc) is 3.34. The van der Waals surface area contributed by atoms with Crippen LogP contribution in [0, 0.1) is 12.8 Å². The first-order valence-electron chi connectivity index (χ1n) is 14.3. The molecule has 0 saturated carbocycles. The highest BCUT2D eigenvalue weighted by molar-refractivity contribution is 5.96. The minimum absolute atomic E-state index is 0.102. The zero-order valence-corrected chi connectivity index (χ0v) is 23.7. The van der Waals surface area contributed by atoms with Gasteiger partial charge < -0.3 is 29.5 Å². The molecule has 2 atom stereocenters. The van der Waals surface area contributed by atoms with Gasteiger partial charge in [-0.05, 0) is 87.6 Å². The topological polar surface area (TPSA) is 91.4 Å². The number of nitrogens with one attached hydrogen (secondary N) is 1. The fraction of sp³-hybridized carbons (Fsp3) is 0.516. The minimum atomic E-state index is -0.360. The molecule has 3 aliphatic heterocycles. The molecule has 3 amide bonds. The lowest BCUT2D eigenvalue weighted by atomic mass is 9.92. The van der Waals surface area contributed by atoms with Crippen molar-refractivity contribution in [3.63, 3.8) is 0 Å². The number of hydrogen-bond donors (Lipinski definition) is 1. The van der Waals surface area contributed by atoms with Gasteiger partial charge in [0, 0.05) is 32.1 Å². The van der Waals surface area contributed by atoms with Crippen LogP contribution >= 0.6 is 0 Å². The van der Waals surface area contributed by atoms with Crippen LogP contribution < -0.4 is 10.1 Å². The van der Waals surface area contributed by atoms with E-state index in [1.807, 2.05) is 42.2 Å². The second-order valence-corrected chi connectivity index (χ2v) is 11.5. The third-order valence-electron chi connectivity index (χ3n) is 8.32. The number of nitrogens with zero attached hydrogens (tertiary/aromatic N) is 3. The summed E-state index contributed by atoms with van der Waals surface area (Å²) in [6, 6.07) is 12.6. The number of likely N-dealkylation sites (tertiary alicyclic amines) is 2. The van der Waals surface area contributed by atoms with Gasteiger partial charge in [0.05, 0.1) is 25.3 Å². The maximum absolute atomic E-state index is 13.2. The van der Waals surface area contributed by atoms with Crippen molar-refractivity contribution >= 4 is 17.7 Å². The van der Waals surface area contributed by atoms with Crippen molar-refractivity contribution in [2.75, 3.05) is 46.8 Å².